The van der Waals surface area contributed by atoms with Crippen molar-refractivity contribution in [3.8, 4) is 32.3 Å². The van der Waals surface area contributed by atoms with E-state index in [1.807, 2.05) is 18.3 Å². The van der Waals surface area contributed by atoms with Crippen molar-refractivity contribution in [3.05, 3.63) is 58.5 Å². The molecule has 27 heavy (non-hydrogen) atoms. The molecule has 0 spiro atoms. The highest BCUT2D eigenvalue weighted by Crippen LogP contribution is 2.42. The molecule has 0 aliphatic heterocycles. The second-order valence-corrected chi connectivity index (χ2v) is 8.48. The van der Waals surface area contributed by atoms with Crippen molar-refractivity contribution in [3.63, 3.8) is 0 Å². The molecule has 5 heterocycles. The van der Waals surface area contributed by atoms with Gasteiger partial charge in [0.05, 0.1) is 10.6 Å². The smallest absolute Gasteiger partial charge is 0.163 e. The SMILES string of the molecule is Cc1csc(-c2c(-c3cccnc3)nc(-c3ccc(C)s3)c3nonc23)c1. The third kappa shape index (κ3) is 2.75. The van der Waals surface area contributed by atoms with Crippen LogP contribution in [0.3, 0.4) is 0 Å². The van der Waals surface area contributed by atoms with Crippen LogP contribution >= 0.6 is 22.7 Å². The lowest BCUT2D eigenvalue weighted by molar-refractivity contribution is 0.315. The zero-order valence-corrected chi connectivity index (χ0v) is 16.3. The Morgan fingerprint density at radius 2 is 1.85 bits per heavy atom. The van der Waals surface area contributed by atoms with Crippen LogP contribution in [-0.4, -0.2) is 20.3 Å². The van der Waals surface area contributed by atoms with Crippen LogP contribution in [0.5, 0.6) is 0 Å². The maximum absolute atomic E-state index is 5.15. The molecule has 0 saturated carbocycles. The molecule has 132 valence electrons. The molecule has 0 aromatic carbocycles. The van der Waals surface area contributed by atoms with E-state index < -0.39 is 0 Å². The highest BCUT2D eigenvalue weighted by Gasteiger charge is 2.23. The highest BCUT2D eigenvalue weighted by atomic mass is 32.1. The lowest BCUT2D eigenvalue weighted by Crippen LogP contribution is -1.94. The Bertz CT molecular complexity index is 1250. The van der Waals surface area contributed by atoms with Gasteiger partial charge >= 0.3 is 0 Å². The lowest BCUT2D eigenvalue weighted by atomic mass is 10.0. The van der Waals surface area contributed by atoms with Crippen LogP contribution in [0.4, 0.5) is 0 Å². The summed E-state index contributed by atoms with van der Waals surface area (Å²) in [5.74, 6) is 0. The minimum absolute atomic E-state index is 0.686. The molecular weight excluding hydrogens is 376 g/mol. The van der Waals surface area contributed by atoms with Gasteiger partial charge in [0.2, 0.25) is 0 Å². The van der Waals surface area contributed by atoms with E-state index in [9.17, 15) is 0 Å². The largest absolute Gasteiger partial charge is 0.264 e. The number of aromatic nitrogens is 4. The third-order valence-electron chi connectivity index (χ3n) is 4.30. The van der Waals surface area contributed by atoms with E-state index in [2.05, 4.69) is 52.7 Å². The van der Waals surface area contributed by atoms with E-state index >= 15 is 0 Å². The third-order valence-corrected chi connectivity index (χ3v) is 6.37. The average Bonchev–Trinajstić information content (AvgIpc) is 3.42. The topological polar surface area (TPSA) is 64.7 Å². The van der Waals surface area contributed by atoms with E-state index in [4.69, 9.17) is 9.61 Å². The second-order valence-electron chi connectivity index (χ2n) is 6.29. The number of hydrogen-bond donors (Lipinski definition) is 0. The van der Waals surface area contributed by atoms with Crippen LogP contribution < -0.4 is 0 Å². The van der Waals surface area contributed by atoms with Gasteiger partial charge in [0, 0.05) is 33.3 Å². The molecule has 0 aliphatic rings. The molecule has 5 nitrogen and oxygen atoms in total. The zero-order chi connectivity index (χ0) is 18.4. The summed E-state index contributed by atoms with van der Waals surface area (Å²) in [6.45, 7) is 4.16. The fourth-order valence-electron chi connectivity index (χ4n) is 3.08. The van der Waals surface area contributed by atoms with E-state index in [0.717, 1.165) is 37.8 Å². The first-order valence-corrected chi connectivity index (χ1v) is 10.1. The standard InChI is InChI=1S/C20H14N4OS2/c1-11-8-15(26-10-11)16-17(13-4-3-7-21-9-13)22-18(14-6-5-12(2)27-14)20-19(16)23-25-24-20/h3-10H,1-2H3. The minimum atomic E-state index is 0.686. The molecule has 0 unspecified atom stereocenters. The molecular formula is C20H14N4OS2. The number of aryl methyl sites for hydroxylation is 2. The number of thiophene rings is 2. The maximum Gasteiger partial charge on any atom is 0.163 e. The van der Waals surface area contributed by atoms with Crippen LogP contribution in [0.15, 0.2) is 52.7 Å². The Hall–Kier alpha value is -2.90. The van der Waals surface area contributed by atoms with Gasteiger partial charge in [0.15, 0.2) is 5.52 Å². The van der Waals surface area contributed by atoms with E-state index in [1.165, 1.54) is 10.4 Å². The molecule has 0 bridgehead atoms. The molecule has 0 atom stereocenters. The monoisotopic (exact) mass is 390 g/mol. The van der Waals surface area contributed by atoms with Crippen molar-refractivity contribution in [1.29, 1.82) is 0 Å². The minimum Gasteiger partial charge on any atom is -0.264 e. The van der Waals surface area contributed by atoms with E-state index in [-0.39, 0.29) is 0 Å². The predicted molar refractivity (Wildman–Crippen MR) is 109 cm³/mol. The number of pyridine rings is 2. The summed E-state index contributed by atoms with van der Waals surface area (Å²) < 4.78 is 5.15. The Morgan fingerprint density at radius 3 is 2.56 bits per heavy atom. The lowest BCUT2D eigenvalue weighted by Gasteiger charge is -2.10. The van der Waals surface area contributed by atoms with Crippen molar-refractivity contribution in [2.75, 3.05) is 0 Å². The first kappa shape index (κ1) is 16.3. The van der Waals surface area contributed by atoms with E-state index in [1.54, 1.807) is 28.9 Å². The molecule has 0 aliphatic carbocycles. The summed E-state index contributed by atoms with van der Waals surface area (Å²) in [5, 5.41) is 10.6. The molecule has 0 saturated heterocycles. The van der Waals surface area contributed by atoms with Gasteiger partial charge in [-0.05, 0) is 65.4 Å². The van der Waals surface area contributed by atoms with Crippen LogP contribution in [0, 0.1) is 13.8 Å². The summed E-state index contributed by atoms with van der Waals surface area (Å²) >= 11 is 3.35. The van der Waals surface area contributed by atoms with Crippen LogP contribution in [0.25, 0.3) is 43.3 Å². The molecule has 0 N–H and O–H groups in total. The summed E-state index contributed by atoms with van der Waals surface area (Å²) in [6.07, 6.45) is 3.59. The first-order valence-electron chi connectivity index (χ1n) is 8.39. The maximum atomic E-state index is 5.15. The van der Waals surface area contributed by atoms with Crippen molar-refractivity contribution in [2.45, 2.75) is 13.8 Å². The number of fused-ring (bicyclic) bond motifs is 1. The molecule has 0 fully saturated rings. The number of rotatable bonds is 3. The highest BCUT2D eigenvalue weighted by molar-refractivity contribution is 7.15. The Morgan fingerprint density at radius 1 is 0.963 bits per heavy atom. The normalized spacial score (nSPS) is 11.3. The van der Waals surface area contributed by atoms with Gasteiger partial charge in [-0.1, -0.05) is 0 Å². The molecule has 7 heteroatoms. The van der Waals surface area contributed by atoms with Crippen molar-refractivity contribution in [1.82, 2.24) is 20.3 Å². The Balaban J connectivity index is 1.89. The number of nitrogens with zero attached hydrogens (tertiary/aromatic N) is 4. The van der Waals surface area contributed by atoms with Crippen LogP contribution in [0.2, 0.25) is 0 Å². The Labute approximate surface area is 163 Å². The van der Waals surface area contributed by atoms with Gasteiger partial charge in [0.1, 0.15) is 11.2 Å². The quantitative estimate of drug-likeness (QED) is 0.392. The fraction of sp³-hybridized carbons (Fsp3) is 0.100. The van der Waals surface area contributed by atoms with Crippen molar-refractivity contribution in [2.24, 2.45) is 0 Å². The van der Waals surface area contributed by atoms with E-state index in [0.29, 0.717) is 5.52 Å². The first-order chi connectivity index (χ1) is 13.2. The summed E-state index contributed by atoms with van der Waals surface area (Å²) in [4.78, 5) is 12.7. The summed E-state index contributed by atoms with van der Waals surface area (Å²) in [6, 6.07) is 10.2. The van der Waals surface area contributed by atoms with Crippen molar-refractivity contribution < 1.29 is 4.63 Å². The molecule has 0 radical (unpaired) electrons. The fourth-order valence-corrected chi connectivity index (χ4v) is 4.89. The Kier molecular flexibility index (Phi) is 3.84. The van der Waals surface area contributed by atoms with Gasteiger partial charge in [0.25, 0.3) is 0 Å². The summed E-state index contributed by atoms with van der Waals surface area (Å²) in [7, 11) is 0. The molecule has 0 amide bonds. The van der Waals surface area contributed by atoms with Gasteiger partial charge in [-0.25, -0.2) is 9.61 Å². The van der Waals surface area contributed by atoms with Crippen LogP contribution in [0.1, 0.15) is 10.4 Å². The average molecular weight is 390 g/mol. The predicted octanol–water partition coefficient (Wildman–Crippen LogP) is 5.75. The molecule has 5 aromatic heterocycles. The van der Waals surface area contributed by atoms with Gasteiger partial charge < -0.3 is 0 Å². The van der Waals surface area contributed by atoms with Gasteiger partial charge in [-0.3, -0.25) is 4.98 Å². The van der Waals surface area contributed by atoms with Crippen LogP contribution in [-0.2, 0) is 0 Å². The number of hydrogen-bond acceptors (Lipinski definition) is 7. The van der Waals surface area contributed by atoms with Gasteiger partial charge in [-0.2, -0.15) is 0 Å². The molecule has 5 aromatic rings. The summed E-state index contributed by atoms with van der Waals surface area (Å²) in [5.41, 5.74) is 6.13. The van der Waals surface area contributed by atoms with Gasteiger partial charge in [-0.15, -0.1) is 22.7 Å². The molecule has 5 rings (SSSR count). The van der Waals surface area contributed by atoms with Crippen molar-refractivity contribution >= 4 is 33.7 Å². The zero-order valence-electron chi connectivity index (χ0n) is 14.6. The second kappa shape index (κ2) is 6.37.